The van der Waals surface area contributed by atoms with Gasteiger partial charge >= 0.3 is 0 Å². The second-order valence-corrected chi connectivity index (χ2v) is 7.14. The molecule has 0 atom stereocenters. The Kier molecular flexibility index (Phi) is 7.13. The lowest BCUT2D eigenvalue weighted by atomic mass is 10.1. The Labute approximate surface area is 174 Å². The van der Waals surface area contributed by atoms with Crippen LogP contribution < -0.4 is 14.8 Å². The molecule has 8 heteroatoms. The summed E-state index contributed by atoms with van der Waals surface area (Å²) in [5, 5.41) is 11.2. The van der Waals surface area contributed by atoms with Gasteiger partial charge < -0.3 is 14.8 Å². The van der Waals surface area contributed by atoms with Gasteiger partial charge in [-0.25, -0.2) is 4.68 Å². The summed E-state index contributed by atoms with van der Waals surface area (Å²) in [7, 11) is 3.21. The number of nitrogens with zero attached hydrogens (tertiary/aromatic N) is 3. The number of methoxy groups -OCH3 is 2. The number of hydrogen-bond acceptors (Lipinski definition) is 6. The fourth-order valence-electron chi connectivity index (χ4n) is 2.94. The molecule has 0 spiro atoms. The van der Waals surface area contributed by atoms with E-state index in [1.165, 1.54) is 0 Å². The minimum Gasteiger partial charge on any atom is -0.493 e. The average Bonchev–Trinajstić information content (AvgIpc) is 3.21. The van der Waals surface area contributed by atoms with Crippen LogP contribution in [0.2, 0.25) is 0 Å². The van der Waals surface area contributed by atoms with Crippen LogP contribution >= 0.6 is 11.8 Å². The van der Waals surface area contributed by atoms with Gasteiger partial charge in [-0.2, -0.15) is 0 Å². The molecule has 29 heavy (non-hydrogen) atoms. The van der Waals surface area contributed by atoms with Gasteiger partial charge in [-0.05, 0) is 36.4 Å². The van der Waals surface area contributed by atoms with Crippen LogP contribution in [-0.4, -0.2) is 47.9 Å². The Morgan fingerprint density at radius 3 is 2.69 bits per heavy atom. The molecule has 0 unspecified atom stereocenters. The maximum Gasteiger partial charge on any atom is 0.241 e. The quantitative estimate of drug-likeness (QED) is 0.544. The normalized spacial score (nSPS) is 10.6. The molecule has 152 valence electrons. The second kappa shape index (κ2) is 9.97. The molecule has 7 nitrogen and oxygen atoms in total. The number of thioether (sulfide) groups is 1. The fraction of sp³-hybridized carbons (Fsp3) is 0.286. The van der Waals surface area contributed by atoms with E-state index < -0.39 is 0 Å². The molecule has 2 aromatic carbocycles. The van der Waals surface area contributed by atoms with E-state index in [2.05, 4.69) is 15.6 Å². The summed E-state index contributed by atoms with van der Waals surface area (Å²) in [6, 6.07) is 13.7. The molecule has 1 heterocycles. The number of nitrogens with one attached hydrogen (secondary N) is 1. The number of carbonyl (C=O) groups excluding carboxylic acids is 1. The third-order valence-electron chi connectivity index (χ3n) is 4.41. The Morgan fingerprint density at radius 1 is 1.14 bits per heavy atom. The minimum absolute atomic E-state index is 0.111. The summed E-state index contributed by atoms with van der Waals surface area (Å²) in [5.41, 5.74) is 2.83. The van der Waals surface area contributed by atoms with Gasteiger partial charge in [-0.3, -0.25) is 4.79 Å². The summed E-state index contributed by atoms with van der Waals surface area (Å²) in [6.45, 7) is 0.644. The van der Waals surface area contributed by atoms with Gasteiger partial charge in [-0.15, -0.1) is 16.9 Å². The number of ether oxygens (including phenoxy) is 2. The highest BCUT2D eigenvalue weighted by Crippen LogP contribution is 2.28. The maximum absolute atomic E-state index is 12.2. The average molecular weight is 413 g/mol. The van der Waals surface area contributed by atoms with Gasteiger partial charge in [0.2, 0.25) is 5.91 Å². The van der Waals surface area contributed by atoms with Gasteiger partial charge in [0.25, 0.3) is 0 Å². The van der Waals surface area contributed by atoms with E-state index >= 15 is 0 Å². The van der Waals surface area contributed by atoms with Crippen molar-refractivity contribution in [3.05, 3.63) is 54.2 Å². The standard InChI is InChI=1S/C21H24N4O3S/c1-27-18-9-8-15(12-19(18)28-2)10-11-22-21(26)14-25-13-17(23-24-25)16-6-4-5-7-20(16)29-3/h4-9,12-13H,10-11,14H2,1-3H3,(H,22,26). The van der Waals surface area contributed by atoms with E-state index in [9.17, 15) is 4.79 Å². The van der Waals surface area contributed by atoms with Crippen molar-refractivity contribution in [2.75, 3.05) is 27.0 Å². The molecule has 1 aromatic heterocycles. The van der Waals surface area contributed by atoms with Gasteiger partial charge in [-0.1, -0.05) is 29.5 Å². The lowest BCUT2D eigenvalue weighted by molar-refractivity contribution is -0.121. The van der Waals surface area contributed by atoms with Gasteiger partial charge in [0, 0.05) is 17.0 Å². The molecule has 1 amide bonds. The highest BCUT2D eigenvalue weighted by atomic mass is 32.2. The Hall–Kier alpha value is -3.00. The van der Waals surface area contributed by atoms with Crippen LogP contribution in [0.5, 0.6) is 11.5 Å². The SMILES string of the molecule is COc1ccc(CCNC(=O)Cn2cc(-c3ccccc3SC)nn2)cc1OC. The van der Waals surface area contributed by atoms with E-state index in [4.69, 9.17) is 9.47 Å². The lowest BCUT2D eigenvalue weighted by Crippen LogP contribution is -2.29. The summed E-state index contributed by atoms with van der Waals surface area (Å²) in [6.07, 6.45) is 4.51. The molecule has 3 rings (SSSR count). The summed E-state index contributed by atoms with van der Waals surface area (Å²) < 4.78 is 12.1. The predicted molar refractivity (Wildman–Crippen MR) is 113 cm³/mol. The molecular formula is C21H24N4O3S. The van der Waals surface area contributed by atoms with Crippen molar-refractivity contribution in [2.24, 2.45) is 0 Å². The van der Waals surface area contributed by atoms with Gasteiger partial charge in [0.05, 0.1) is 20.4 Å². The maximum atomic E-state index is 12.2. The lowest BCUT2D eigenvalue weighted by Gasteiger charge is -2.10. The van der Waals surface area contributed by atoms with E-state index in [1.54, 1.807) is 36.9 Å². The van der Waals surface area contributed by atoms with Crippen molar-refractivity contribution in [3.63, 3.8) is 0 Å². The van der Waals surface area contributed by atoms with Crippen LogP contribution in [0.3, 0.4) is 0 Å². The Morgan fingerprint density at radius 2 is 1.93 bits per heavy atom. The Balaban J connectivity index is 1.53. The molecule has 0 saturated heterocycles. The number of rotatable bonds is 9. The largest absolute Gasteiger partial charge is 0.493 e. The van der Waals surface area contributed by atoms with Gasteiger partial charge in [0.1, 0.15) is 12.2 Å². The van der Waals surface area contributed by atoms with Crippen molar-refractivity contribution in [1.29, 1.82) is 0 Å². The molecule has 0 aliphatic rings. The molecule has 0 aliphatic heterocycles. The fourth-order valence-corrected chi connectivity index (χ4v) is 3.55. The van der Waals surface area contributed by atoms with Crippen LogP contribution in [0, 0.1) is 0 Å². The third kappa shape index (κ3) is 5.29. The number of amides is 1. The zero-order valence-electron chi connectivity index (χ0n) is 16.7. The first-order valence-electron chi connectivity index (χ1n) is 9.15. The van der Waals surface area contributed by atoms with E-state index in [0.717, 1.165) is 21.7 Å². The van der Waals surface area contributed by atoms with Crippen LogP contribution in [0.1, 0.15) is 5.56 Å². The van der Waals surface area contributed by atoms with E-state index in [1.807, 2.05) is 48.7 Å². The number of aromatic nitrogens is 3. The number of benzene rings is 2. The first-order chi connectivity index (χ1) is 14.1. The van der Waals surface area contributed by atoms with Gasteiger partial charge in [0.15, 0.2) is 11.5 Å². The molecule has 0 aliphatic carbocycles. The molecule has 0 saturated carbocycles. The van der Waals surface area contributed by atoms with Crippen LogP contribution in [0.25, 0.3) is 11.3 Å². The molecule has 1 N–H and O–H groups in total. The number of carbonyl (C=O) groups is 1. The zero-order chi connectivity index (χ0) is 20.6. The molecule has 3 aromatic rings. The third-order valence-corrected chi connectivity index (χ3v) is 5.21. The molecule has 0 bridgehead atoms. The summed E-state index contributed by atoms with van der Waals surface area (Å²) in [5.74, 6) is 1.25. The Bertz CT molecular complexity index is 974. The molecule has 0 radical (unpaired) electrons. The van der Waals surface area contributed by atoms with Crippen molar-refractivity contribution < 1.29 is 14.3 Å². The van der Waals surface area contributed by atoms with Crippen molar-refractivity contribution in [3.8, 4) is 22.8 Å². The van der Waals surface area contributed by atoms with Crippen LogP contribution in [0.15, 0.2) is 53.6 Å². The summed E-state index contributed by atoms with van der Waals surface area (Å²) in [4.78, 5) is 13.4. The van der Waals surface area contributed by atoms with Crippen molar-refractivity contribution in [1.82, 2.24) is 20.3 Å². The smallest absolute Gasteiger partial charge is 0.241 e. The second-order valence-electron chi connectivity index (χ2n) is 6.29. The van der Waals surface area contributed by atoms with Crippen molar-refractivity contribution in [2.45, 2.75) is 17.9 Å². The minimum atomic E-state index is -0.111. The molecular weight excluding hydrogens is 388 g/mol. The molecule has 0 fully saturated rings. The van der Waals surface area contributed by atoms with E-state index in [-0.39, 0.29) is 12.5 Å². The summed E-state index contributed by atoms with van der Waals surface area (Å²) >= 11 is 1.65. The highest BCUT2D eigenvalue weighted by Gasteiger charge is 2.10. The van der Waals surface area contributed by atoms with Crippen molar-refractivity contribution >= 4 is 17.7 Å². The monoisotopic (exact) mass is 412 g/mol. The van der Waals surface area contributed by atoms with E-state index in [0.29, 0.717) is 24.5 Å². The first kappa shape index (κ1) is 20.7. The predicted octanol–water partition coefficient (Wildman–Crippen LogP) is 3.04. The number of hydrogen-bond donors (Lipinski definition) is 1. The zero-order valence-corrected chi connectivity index (χ0v) is 17.5. The van der Waals surface area contributed by atoms with Crippen LogP contribution in [0.4, 0.5) is 0 Å². The topological polar surface area (TPSA) is 78.3 Å². The van der Waals surface area contributed by atoms with Crippen LogP contribution in [-0.2, 0) is 17.8 Å². The first-order valence-corrected chi connectivity index (χ1v) is 10.4. The highest BCUT2D eigenvalue weighted by molar-refractivity contribution is 7.98.